The molecule has 1 fully saturated rings. The van der Waals surface area contributed by atoms with Gasteiger partial charge >= 0.3 is 0 Å². The smallest absolute Gasteiger partial charge is 0.252 e. The van der Waals surface area contributed by atoms with E-state index in [1.54, 1.807) is 15.7 Å². The van der Waals surface area contributed by atoms with E-state index in [4.69, 9.17) is 0 Å². The van der Waals surface area contributed by atoms with Crippen molar-refractivity contribution < 1.29 is 18.3 Å². The maximum atomic E-state index is 14.8. The van der Waals surface area contributed by atoms with Crippen LogP contribution >= 0.6 is 0 Å². The summed E-state index contributed by atoms with van der Waals surface area (Å²) in [6, 6.07) is -0.410. The number of aromatic nitrogens is 3. The van der Waals surface area contributed by atoms with Crippen molar-refractivity contribution in [1.82, 2.24) is 15.0 Å². The van der Waals surface area contributed by atoms with Crippen molar-refractivity contribution in [1.29, 1.82) is 0 Å². The van der Waals surface area contributed by atoms with Gasteiger partial charge in [-0.2, -0.15) is 15.0 Å². The standard InChI is InChI=1S/C16H24B2F3N5O/c1-7(2)22-13-24-12(9-3-4-16(17,18)11(27)10(9)19)25-14(26-13)23-8-5-15(20,21)6-8/h7-8,11,27H,3-6,17-18H2,1-2H3,(H2,22,23,24,25,26). The Labute approximate surface area is 158 Å². The number of nitrogens with zero attached hydrogens (tertiary/aromatic N) is 3. The fourth-order valence-corrected chi connectivity index (χ4v) is 3.27. The molecule has 11 heteroatoms. The minimum Gasteiger partial charge on any atom is -0.387 e. The van der Waals surface area contributed by atoms with E-state index in [-0.39, 0.29) is 42.2 Å². The highest BCUT2D eigenvalue weighted by Crippen LogP contribution is 2.44. The number of allylic oxidation sites excluding steroid dienone is 1. The summed E-state index contributed by atoms with van der Waals surface area (Å²) < 4.78 is 41.0. The summed E-state index contributed by atoms with van der Waals surface area (Å²) in [5.41, 5.74) is 0.234. The summed E-state index contributed by atoms with van der Waals surface area (Å²) >= 11 is 0. The van der Waals surface area contributed by atoms with E-state index in [0.29, 0.717) is 12.8 Å². The Bertz CT molecular complexity index is 752. The maximum absolute atomic E-state index is 14.8. The summed E-state index contributed by atoms with van der Waals surface area (Å²) in [5.74, 6) is -2.82. The second-order valence-electron chi connectivity index (χ2n) is 8.43. The zero-order valence-electron chi connectivity index (χ0n) is 16.0. The van der Waals surface area contributed by atoms with Gasteiger partial charge in [0, 0.05) is 30.5 Å². The molecule has 146 valence electrons. The van der Waals surface area contributed by atoms with Crippen LogP contribution in [0.3, 0.4) is 0 Å². The summed E-state index contributed by atoms with van der Waals surface area (Å²) in [7, 11) is 3.61. The van der Waals surface area contributed by atoms with Crippen LogP contribution in [0.25, 0.3) is 5.57 Å². The van der Waals surface area contributed by atoms with Gasteiger partial charge in [-0.15, -0.1) is 0 Å². The molecule has 1 heterocycles. The van der Waals surface area contributed by atoms with Crippen LogP contribution in [0, 0.1) is 0 Å². The van der Waals surface area contributed by atoms with Crippen molar-refractivity contribution in [2.45, 2.75) is 68.9 Å². The van der Waals surface area contributed by atoms with Crippen LogP contribution in [0.4, 0.5) is 25.1 Å². The molecular formula is C16H24B2F3N5O. The fraction of sp³-hybridized carbons (Fsp3) is 0.688. The molecule has 3 rings (SSSR count). The number of halogens is 3. The Hall–Kier alpha value is -1.77. The monoisotopic (exact) mass is 381 g/mol. The summed E-state index contributed by atoms with van der Waals surface area (Å²) in [4.78, 5) is 12.7. The molecule has 0 amide bonds. The number of aliphatic hydroxyl groups is 1. The van der Waals surface area contributed by atoms with Gasteiger partial charge in [0.25, 0.3) is 5.92 Å². The van der Waals surface area contributed by atoms with Crippen LogP contribution in [0.5, 0.6) is 0 Å². The second-order valence-corrected chi connectivity index (χ2v) is 8.43. The number of rotatable bonds is 5. The van der Waals surface area contributed by atoms with Gasteiger partial charge in [0.1, 0.15) is 21.5 Å². The average molecular weight is 381 g/mol. The summed E-state index contributed by atoms with van der Waals surface area (Å²) in [5, 5.41) is 15.6. The molecular weight excluding hydrogens is 357 g/mol. The molecule has 1 aromatic rings. The number of aliphatic hydroxyl groups excluding tert-OH is 1. The molecule has 0 aliphatic heterocycles. The lowest BCUT2D eigenvalue weighted by molar-refractivity contribution is -0.0794. The molecule has 1 saturated carbocycles. The number of hydrogen-bond donors (Lipinski definition) is 3. The normalized spacial score (nSPS) is 24.6. The molecule has 0 bridgehead atoms. The third kappa shape index (κ3) is 4.39. The number of anilines is 2. The molecule has 1 unspecified atom stereocenters. The Morgan fingerprint density at radius 1 is 1.15 bits per heavy atom. The van der Waals surface area contributed by atoms with E-state index in [9.17, 15) is 18.3 Å². The zero-order valence-corrected chi connectivity index (χ0v) is 16.0. The highest BCUT2D eigenvalue weighted by molar-refractivity contribution is 6.40. The van der Waals surface area contributed by atoms with Crippen molar-refractivity contribution in [3.8, 4) is 0 Å². The number of nitrogens with one attached hydrogen (secondary N) is 2. The largest absolute Gasteiger partial charge is 0.387 e. The van der Waals surface area contributed by atoms with E-state index in [1.807, 2.05) is 13.8 Å². The van der Waals surface area contributed by atoms with E-state index >= 15 is 0 Å². The molecule has 0 spiro atoms. The van der Waals surface area contributed by atoms with E-state index < -0.39 is 29.1 Å². The van der Waals surface area contributed by atoms with Gasteiger partial charge in [-0.3, -0.25) is 0 Å². The van der Waals surface area contributed by atoms with Crippen LogP contribution in [-0.2, 0) is 0 Å². The minimum atomic E-state index is -2.67. The van der Waals surface area contributed by atoms with Crippen molar-refractivity contribution >= 4 is 33.2 Å². The molecule has 0 aromatic carbocycles. The molecule has 2 aliphatic carbocycles. The van der Waals surface area contributed by atoms with Gasteiger partial charge in [0.2, 0.25) is 11.9 Å². The van der Waals surface area contributed by atoms with Gasteiger partial charge in [0.15, 0.2) is 5.82 Å². The Kier molecular flexibility index (Phi) is 5.18. The predicted molar refractivity (Wildman–Crippen MR) is 103 cm³/mol. The third-order valence-corrected chi connectivity index (χ3v) is 5.03. The summed E-state index contributed by atoms with van der Waals surface area (Å²) in [6.07, 6.45) is -0.855. The molecule has 1 atom stereocenters. The summed E-state index contributed by atoms with van der Waals surface area (Å²) in [6.45, 7) is 3.80. The van der Waals surface area contributed by atoms with Gasteiger partial charge in [-0.05, 0) is 20.3 Å². The first-order chi connectivity index (χ1) is 12.5. The van der Waals surface area contributed by atoms with Crippen LogP contribution in [0.2, 0.25) is 5.21 Å². The SMILES string of the molecule is BC1(B)CCC(c2nc(NC(C)C)nc(NC3CC(F)(F)C3)n2)=C(F)C1O. The molecule has 6 nitrogen and oxygen atoms in total. The van der Waals surface area contributed by atoms with E-state index in [2.05, 4.69) is 25.6 Å². The van der Waals surface area contributed by atoms with Gasteiger partial charge < -0.3 is 15.7 Å². The zero-order chi connectivity index (χ0) is 20.0. The lowest BCUT2D eigenvalue weighted by Gasteiger charge is -2.36. The quantitative estimate of drug-likeness (QED) is 0.664. The first-order valence-corrected chi connectivity index (χ1v) is 9.21. The minimum absolute atomic E-state index is 0.0239. The fourth-order valence-electron chi connectivity index (χ4n) is 3.27. The van der Waals surface area contributed by atoms with Crippen LogP contribution in [0.15, 0.2) is 5.83 Å². The Balaban J connectivity index is 1.92. The number of alkyl halides is 2. The predicted octanol–water partition coefficient (Wildman–Crippen LogP) is 1.12. The number of hydrogen-bond acceptors (Lipinski definition) is 6. The van der Waals surface area contributed by atoms with Crippen molar-refractivity contribution in [3.63, 3.8) is 0 Å². The Morgan fingerprint density at radius 2 is 1.78 bits per heavy atom. The van der Waals surface area contributed by atoms with Gasteiger partial charge in [0.05, 0.1) is 6.10 Å². The van der Waals surface area contributed by atoms with Crippen LogP contribution in [-0.4, -0.2) is 59.9 Å². The molecule has 1 aromatic heterocycles. The van der Waals surface area contributed by atoms with E-state index in [0.717, 1.165) is 0 Å². The van der Waals surface area contributed by atoms with E-state index in [1.165, 1.54) is 0 Å². The first kappa shape index (κ1) is 20.0. The highest BCUT2D eigenvalue weighted by Gasteiger charge is 2.45. The van der Waals surface area contributed by atoms with Crippen molar-refractivity contribution in [2.75, 3.05) is 10.6 Å². The van der Waals surface area contributed by atoms with Crippen LogP contribution in [0.1, 0.15) is 45.4 Å². The first-order valence-electron chi connectivity index (χ1n) is 9.21. The molecule has 0 saturated heterocycles. The second kappa shape index (κ2) is 7.00. The van der Waals surface area contributed by atoms with Gasteiger partial charge in [-0.25, -0.2) is 13.2 Å². The molecule has 3 N–H and O–H groups in total. The average Bonchev–Trinajstić information content (AvgIpc) is 2.50. The van der Waals surface area contributed by atoms with Crippen molar-refractivity contribution in [2.24, 2.45) is 0 Å². The lowest BCUT2D eigenvalue weighted by atomic mass is 9.47. The lowest BCUT2D eigenvalue weighted by Crippen LogP contribution is -2.44. The molecule has 0 radical (unpaired) electrons. The van der Waals surface area contributed by atoms with Crippen molar-refractivity contribution in [3.05, 3.63) is 11.7 Å². The third-order valence-electron chi connectivity index (χ3n) is 5.03. The molecule has 2 aliphatic rings. The molecule has 27 heavy (non-hydrogen) atoms. The highest BCUT2D eigenvalue weighted by atomic mass is 19.3. The maximum Gasteiger partial charge on any atom is 0.252 e. The Morgan fingerprint density at radius 3 is 2.37 bits per heavy atom. The topological polar surface area (TPSA) is 83.0 Å². The van der Waals surface area contributed by atoms with Gasteiger partial charge in [-0.1, -0.05) is 11.6 Å². The van der Waals surface area contributed by atoms with Crippen LogP contribution < -0.4 is 10.6 Å².